The van der Waals surface area contributed by atoms with Crippen molar-refractivity contribution in [2.45, 2.75) is 32.2 Å². The molecule has 2 aromatic heterocycles. The lowest BCUT2D eigenvalue weighted by Crippen LogP contribution is -2.27. The van der Waals surface area contributed by atoms with E-state index in [2.05, 4.69) is 20.5 Å². The Morgan fingerprint density at radius 3 is 2.69 bits per heavy atom. The Morgan fingerprint density at radius 1 is 1.15 bits per heavy atom. The second-order valence-electron chi connectivity index (χ2n) is 6.33. The highest BCUT2D eigenvalue weighted by atomic mass is 16.3. The van der Waals surface area contributed by atoms with E-state index in [1.54, 1.807) is 12.1 Å². The number of hydrogen-bond acceptors (Lipinski definition) is 5. The summed E-state index contributed by atoms with van der Waals surface area (Å²) in [6.45, 7) is 3.03. The summed E-state index contributed by atoms with van der Waals surface area (Å²) in [5, 5.41) is 5.60. The van der Waals surface area contributed by atoms with Crippen molar-refractivity contribution < 1.29 is 14.0 Å². The third kappa shape index (κ3) is 5.08. The number of rotatable bonds is 8. The molecule has 2 amide bonds. The van der Waals surface area contributed by atoms with E-state index in [9.17, 15) is 9.59 Å². The number of furan rings is 1. The van der Waals surface area contributed by atoms with Crippen LogP contribution in [0, 0.1) is 0 Å². The van der Waals surface area contributed by atoms with Gasteiger partial charge in [-0.2, -0.15) is 0 Å². The number of amides is 2. The van der Waals surface area contributed by atoms with Crippen molar-refractivity contribution in [1.29, 1.82) is 0 Å². The standard InChI is InChI=1S/C19H24N4O3/c24-18(6-3-9-20-19(25)16-5-4-12-26-16)22-14-15-7-8-17(21-13-15)23-10-1-2-11-23/h4-5,7-8,12-13H,1-3,6,9-11,14H2,(H,20,25)(H,22,24). The molecule has 0 atom stereocenters. The fourth-order valence-corrected chi connectivity index (χ4v) is 2.89. The van der Waals surface area contributed by atoms with Gasteiger partial charge in [0.25, 0.3) is 5.91 Å². The van der Waals surface area contributed by atoms with Crippen LogP contribution in [0.15, 0.2) is 41.1 Å². The van der Waals surface area contributed by atoms with Gasteiger partial charge in [0.15, 0.2) is 5.76 Å². The van der Waals surface area contributed by atoms with Crippen LogP contribution in [0.5, 0.6) is 0 Å². The maximum absolute atomic E-state index is 11.9. The van der Waals surface area contributed by atoms with Crippen LogP contribution in [0.25, 0.3) is 0 Å². The summed E-state index contributed by atoms with van der Waals surface area (Å²) in [5.74, 6) is 0.977. The van der Waals surface area contributed by atoms with Crippen LogP contribution in [-0.4, -0.2) is 36.4 Å². The largest absolute Gasteiger partial charge is 0.459 e. The van der Waals surface area contributed by atoms with Gasteiger partial charge in [0.2, 0.25) is 5.91 Å². The first-order chi connectivity index (χ1) is 12.7. The van der Waals surface area contributed by atoms with Crippen LogP contribution in [0.4, 0.5) is 5.82 Å². The maximum atomic E-state index is 11.9. The molecule has 26 heavy (non-hydrogen) atoms. The van der Waals surface area contributed by atoms with Crippen molar-refractivity contribution in [3.8, 4) is 0 Å². The molecule has 2 N–H and O–H groups in total. The number of pyridine rings is 1. The summed E-state index contributed by atoms with van der Waals surface area (Å²) in [6, 6.07) is 7.28. The van der Waals surface area contributed by atoms with Crippen molar-refractivity contribution >= 4 is 17.6 Å². The van der Waals surface area contributed by atoms with E-state index in [1.807, 2.05) is 18.3 Å². The highest BCUT2D eigenvalue weighted by Crippen LogP contribution is 2.17. The molecule has 0 aliphatic carbocycles. The molecule has 0 saturated carbocycles. The van der Waals surface area contributed by atoms with Crippen LogP contribution in [0.1, 0.15) is 41.8 Å². The quantitative estimate of drug-likeness (QED) is 0.707. The minimum absolute atomic E-state index is 0.0409. The van der Waals surface area contributed by atoms with Gasteiger partial charge in [-0.15, -0.1) is 0 Å². The maximum Gasteiger partial charge on any atom is 0.286 e. The van der Waals surface area contributed by atoms with E-state index in [4.69, 9.17) is 4.42 Å². The van der Waals surface area contributed by atoms with E-state index in [-0.39, 0.29) is 17.6 Å². The minimum atomic E-state index is -0.264. The predicted octanol–water partition coefficient (Wildman–Crippen LogP) is 2.10. The van der Waals surface area contributed by atoms with Gasteiger partial charge in [0.05, 0.1) is 6.26 Å². The Bertz CT molecular complexity index is 707. The first-order valence-corrected chi connectivity index (χ1v) is 9.00. The SMILES string of the molecule is O=C(CCCNC(=O)c1ccco1)NCc1ccc(N2CCCC2)nc1. The lowest BCUT2D eigenvalue weighted by Gasteiger charge is -2.16. The molecule has 2 aromatic rings. The van der Waals surface area contributed by atoms with E-state index in [0.717, 1.165) is 24.5 Å². The van der Waals surface area contributed by atoms with Crippen LogP contribution in [-0.2, 0) is 11.3 Å². The van der Waals surface area contributed by atoms with E-state index < -0.39 is 0 Å². The van der Waals surface area contributed by atoms with Gasteiger partial charge in [-0.05, 0) is 43.0 Å². The molecule has 7 heteroatoms. The molecule has 3 heterocycles. The molecule has 7 nitrogen and oxygen atoms in total. The monoisotopic (exact) mass is 356 g/mol. The van der Waals surface area contributed by atoms with Gasteiger partial charge < -0.3 is 20.0 Å². The lowest BCUT2D eigenvalue weighted by atomic mass is 10.2. The smallest absolute Gasteiger partial charge is 0.286 e. The van der Waals surface area contributed by atoms with Gasteiger partial charge in [-0.1, -0.05) is 6.07 Å². The topological polar surface area (TPSA) is 87.5 Å². The lowest BCUT2D eigenvalue weighted by molar-refractivity contribution is -0.121. The van der Waals surface area contributed by atoms with Crippen LogP contribution in [0.3, 0.4) is 0 Å². The van der Waals surface area contributed by atoms with Gasteiger partial charge in [-0.25, -0.2) is 4.98 Å². The number of carbonyl (C=O) groups excluding carboxylic acids is 2. The molecule has 3 rings (SSSR count). The summed E-state index contributed by atoms with van der Waals surface area (Å²) in [5.41, 5.74) is 0.979. The van der Waals surface area contributed by atoms with Crippen molar-refractivity contribution in [1.82, 2.24) is 15.6 Å². The molecule has 1 aliphatic rings. The highest BCUT2D eigenvalue weighted by molar-refractivity contribution is 5.91. The second-order valence-corrected chi connectivity index (χ2v) is 6.33. The number of carbonyl (C=O) groups is 2. The normalized spacial score (nSPS) is 13.6. The molecule has 0 bridgehead atoms. The van der Waals surface area contributed by atoms with Crippen molar-refractivity contribution in [3.63, 3.8) is 0 Å². The molecule has 1 aliphatic heterocycles. The van der Waals surface area contributed by atoms with Crippen molar-refractivity contribution in [2.24, 2.45) is 0 Å². The van der Waals surface area contributed by atoms with Gasteiger partial charge in [0.1, 0.15) is 5.82 Å². The third-order valence-corrected chi connectivity index (χ3v) is 4.34. The van der Waals surface area contributed by atoms with Crippen molar-refractivity contribution in [3.05, 3.63) is 48.0 Å². The number of aromatic nitrogens is 1. The predicted molar refractivity (Wildman–Crippen MR) is 97.8 cm³/mol. The molecule has 138 valence electrons. The summed E-state index contributed by atoms with van der Waals surface area (Å²) in [7, 11) is 0. The second kappa shape index (κ2) is 9.03. The van der Waals surface area contributed by atoms with Gasteiger partial charge >= 0.3 is 0 Å². The molecular formula is C19H24N4O3. The molecule has 1 fully saturated rings. The average molecular weight is 356 g/mol. The van der Waals surface area contributed by atoms with Gasteiger partial charge in [-0.3, -0.25) is 9.59 Å². The Kier molecular flexibility index (Phi) is 6.24. The number of nitrogens with one attached hydrogen (secondary N) is 2. The zero-order chi connectivity index (χ0) is 18.2. The molecule has 0 spiro atoms. The summed E-state index contributed by atoms with van der Waals surface area (Å²) >= 11 is 0. The summed E-state index contributed by atoms with van der Waals surface area (Å²) in [4.78, 5) is 30.3. The fraction of sp³-hybridized carbons (Fsp3) is 0.421. The third-order valence-electron chi connectivity index (χ3n) is 4.34. The summed E-state index contributed by atoms with van der Waals surface area (Å²) < 4.78 is 5.00. The zero-order valence-electron chi connectivity index (χ0n) is 14.7. The fourth-order valence-electron chi connectivity index (χ4n) is 2.89. The van der Waals surface area contributed by atoms with Crippen LogP contribution in [0.2, 0.25) is 0 Å². The Balaban J connectivity index is 1.31. The summed E-state index contributed by atoms with van der Waals surface area (Å²) in [6.07, 6.45) is 6.65. The molecule has 0 radical (unpaired) electrons. The molecular weight excluding hydrogens is 332 g/mol. The van der Waals surface area contributed by atoms with Gasteiger partial charge in [0, 0.05) is 38.8 Å². The first kappa shape index (κ1) is 18.0. The minimum Gasteiger partial charge on any atom is -0.459 e. The molecule has 0 unspecified atom stereocenters. The number of anilines is 1. The van der Waals surface area contributed by atoms with Crippen LogP contribution < -0.4 is 15.5 Å². The Hall–Kier alpha value is -2.83. The Morgan fingerprint density at radius 2 is 2.00 bits per heavy atom. The number of nitrogens with zero attached hydrogens (tertiary/aromatic N) is 2. The molecule has 1 saturated heterocycles. The zero-order valence-corrected chi connectivity index (χ0v) is 14.7. The van der Waals surface area contributed by atoms with E-state index in [0.29, 0.717) is 25.9 Å². The van der Waals surface area contributed by atoms with E-state index in [1.165, 1.54) is 19.1 Å². The van der Waals surface area contributed by atoms with Crippen LogP contribution >= 0.6 is 0 Å². The Labute approximate surface area is 152 Å². The van der Waals surface area contributed by atoms with Crippen molar-refractivity contribution in [2.75, 3.05) is 24.5 Å². The number of hydrogen-bond donors (Lipinski definition) is 2. The van der Waals surface area contributed by atoms with E-state index >= 15 is 0 Å². The molecule has 0 aromatic carbocycles. The highest BCUT2D eigenvalue weighted by Gasteiger charge is 2.13. The average Bonchev–Trinajstić information content (AvgIpc) is 3.37. The first-order valence-electron chi connectivity index (χ1n) is 9.00.